The molecule has 2 aromatic carbocycles. The van der Waals surface area contributed by atoms with Gasteiger partial charge < -0.3 is 14.4 Å². The maximum Gasteiger partial charge on any atom is 0.263 e. The molecule has 0 saturated heterocycles. The first-order valence-corrected chi connectivity index (χ1v) is 9.54. The summed E-state index contributed by atoms with van der Waals surface area (Å²) in [5.41, 5.74) is 2.09. The number of aryl methyl sites for hydroxylation is 1. The predicted octanol–water partition coefficient (Wildman–Crippen LogP) is 4.92. The molecule has 27 heavy (non-hydrogen) atoms. The molecule has 0 radical (unpaired) electrons. The lowest BCUT2D eigenvalue weighted by Crippen LogP contribution is -2.25. The fraction of sp³-hybridized carbons (Fsp3) is 0.227. The summed E-state index contributed by atoms with van der Waals surface area (Å²) in [5.74, 6) is 1.38. The summed E-state index contributed by atoms with van der Waals surface area (Å²) in [6, 6.07) is 19.6. The maximum absolute atomic E-state index is 12.5. The van der Waals surface area contributed by atoms with Crippen molar-refractivity contribution >= 4 is 17.2 Å². The number of amides is 1. The van der Waals surface area contributed by atoms with Crippen molar-refractivity contribution in [1.29, 1.82) is 0 Å². The molecule has 1 amide bonds. The largest absolute Gasteiger partial charge is 0.493 e. The molecule has 5 heteroatoms. The summed E-state index contributed by atoms with van der Waals surface area (Å²) in [5, 5.41) is 0. The molecule has 0 fully saturated rings. The third-order valence-corrected chi connectivity index (χ3v) is 5.17. The Labute approximate surface area is 164 Å². The number of ether oxygens (including phenoxy) is 2. The molecule has 4 nitrogen and oxygen atoms in total. The Hall–Kier alpha value is -2.79. The third kappa shape index (κ3) is 4.89. The average Bonchev–Trinajstić information content (AvgIpc) is 3.13. The van der Waals surface area contributed by atoms with Crippen molar-refractivity contribution in [3.05, 3.63) is 81.5 Å². The molecule has 0 atom stereocenters. The normalized spacial score (nSPS) is 10.5. The van der Waals surface area contributed by atoms with E-state index < -0.39 is 0 Å². The van der Waals surface area contributed by atoms with Gasteiger partial charge in [-0.05, 0) is 42.3 Å². The maximum atomic E-state index is 12.5. The van der Waals surface area contributed by atoms with Crippen LogP contribution in [-0.2, 0) is 13.2 Å². The zero-order valence-corrected chi connectivity index (χ0v) is 16.6. The number of carbonyl (C=O) groups excluding carboxylic acids is 1. The number of rotatable bonds is 7. The van der Waals surface area contributed by atoms with Crippen LogP contribution >= 0.6 is 11.3 Å². The van der Waals surface area contributed by atoms with Crippen LogP contribution in [-0.4, -0.2) is 25.0 Å². The summed E-state index contributed by atoms with van der Waals surface area (Å²) in [6.45, 7) is 2.98. The minimum absolute atomic E-state index is 0.0245. The van der Waals surface area contributed by atoms with Crippen molar-refractivity contribution < 1.29 is 14.3 Å². The van der Waals surface area contributed by atoms with Gasteiger partial charge in [-0.3, -0.25) is 4.79 Å². The summed E-state index contributed by atoms with van der Waals surface area (Å²) in [4.78, 5) is 16.1. The van der Waals surface area contributed by atoms with E-state index in [0.29, 0.717) is 24.7 Å². The van der Waals surface area contributed by atoms with Gasteiger partial charge in [-0.2, -0.15) is 0 Å². The monoisotopic (exact) mass is 381 g/mol. The molecule has 0 unspecified atom stereocenters. The molecular formula is C22H23NO3S. The minimum atomic E-state index is 0.0245. The molecule has 1 aromatic heterocycles. The number of hydrogen-bond donors (Lipinski definition) is 0. The highest BCUT2D eigenvalue weighted by atomic mass is 32.1. The van der Waals surface area contributed by atoms with Gasteiger partial charge in [0.1, 0.15) is 6.61 Å². The van der Waals surface area contributed by atoms with Crippen molar-refractivity contribution in [3.63, 3.8) is 0 Å². The molecule has 140 valence electrons. The molecule has 3 aromatic rings. The van der Waals surface area contributed by atoms with Crippen LogP contribution in [0.4, 0.5) is 0 Å². The molecular weight excluding hydrogens is 358 g/mol. The lowest BCUT2D eigenvalue weighted by atomic mass is 10.2. The summed E-state index contributed by atoms with van der Waals surface area (Å²) in [6.07, 6.45) is 0. The fourth-order valence-corrected chi connectivity index (χ4v) is 3.61. The van der Waals surface area contributed by atoms with Crippen molar-refractivity contribution in [2.75, 3.05) is 14.2 Å². The van der Waals surface area contributed by atoms with E-state index in [-0.39, 0.29) is 5.91 Å². The van der Waals surface area contributed by atoms with Crippen LogP contribution in [0.15, 0.2) is 60.7 Å². The van der Waals surface area contributed by atoms with Crippen LogP contribution in [0.1, 0.15) is 25.7 Å². The standard InChI is InChI=1S/C22H23NO3S/c1-16-9-12-21(27-16)22(24)23(2)14-18-10-11-19(20(13-18)25-3)26-15-17-7-5-4-6-8-17/h4-13H,14-15H2,1-3H3. The predicted molar refractivity (Wildman–Crippen MR) is 109 cm³/mol. The first-order valence-electron chi connectivity index (χ1n) is 8.72. The molecule has 0 aliphatic heterocycles. The van der Waals surface area contributed by atoms with E-state index in [1.807, 2.05) is 74.6 Å². The van der Waals surface area contributed by atoms with Crippen molar-refractivity contribution in [2.24, 2.45) is 0 Å². The Bertz CT molecular complexity index is 905. The van der Waals surface area contributed by atoms with E-state index in [4.69, 9.17) is 9.47 Å². The minimum Gasteiger partial charge on any atom is -0.493 e. The number of thiophene rings is 1. The van der Waals surface area contributed by atoms with Crippen LogP contribution < -0.4 is 9.47 Å². The van der Waals surface area contributed by atoms with Gasteiger partial charge in [0.05, 0.1) is 12.0 Å². The third-order valence-electron chi connectivity index (χ3n) is 4.18. The van der Waals surface area contributed by atoms with E-state index >= 15 is 0 Å². The zero-order valence-electron chi connectivity index (χ0n) is 15.8. The first-order chi connectivity index (χ1) is 13.1. The van der Waals surface area contributed by atoms with Gasteiger partial charge in [0.2, 0.25) is 0 Å². The molecule has 1 heterocycles. The Balaban J connectivity index is 1.67. The van der Waals surface area contributed by atoms with E-state index in [2.05, 4.69) is 0 Å². The molecule has 0 aliphatic carbocycles. The van der Waals surface area contributed by atoms with Gasteiger partial charge in [0, 0.05) is 18.5 Å². The second kappa shape index (κ2) is 8.73. The number of nitrogens with zero attached hydrogens (tertiary/aromatic N) is 1. The second-order valence-corrected chi connectivity index (χ2v) is 7.62. The van der Waals surface area contributed by atoms with Crippen LogP contribution in [0.2, 0.25) is 0 Å². The molecule has 0 N–H and O–H groups in total. The highest BCUT2D eigenvalue weighted by Crippen LogP contribution is 2.29. The van der Waals surface area contributed by atoms with Crippen LogP contribution in [0.3, 0.4) is 0 Å². The Kier molecular flexibility index (Phi) is 6.14. The van der Waals surface area contributed by atoms with Gasteiger partial charge in [0.25, 0.3) is 5.91 Å². The fourth-order valence-electron chi connectivity index (χ4n) is 2.75. The molecule has 0 spiro atoms. The van der Waals surface area contributed by atoms with Crippen LogP contribution in [0, 0.1) is 6.92 Å². The van der Waals surface area contributed by atoms with Crippen LogP contribution in [0.5, 0.6) is 11.5 Å². The van der Waals surface area contributed by atoms with Crippen molar-refractivity contribution in [1.82, 2.24) is 4.90 Å². The van der Waals surface area contributed by atoms with Gasteiger partial charge in [0.15, 0.2) is 11.5 Å². The van der Waals surface area contributed by atoms with Gasteiger partial charge >= 0.3 is 0 Å². The Morgan fingerprint density at radius 1 is 1.00 bits per heavy atom. The smallest absolute Gasteiger partial charge is 0.263 e. The molecule has 0 saturated carbocycles. The number of hydrogen-bond acceptors (Lipinski definition) is 4. The van der Waals surface area contributed by atoms with Crippen molar-refractivity contribution in [3.8, 4) is 11.5 Å². The summed E-state index contributed by atoms with van der Waals surface area (Å²) >= 11 is 1.51. The molecule has 0 bridgehead atoms. The first kappa shape index (κ1) is 19.0. The van der Waals surface area contributed by atoms with Gasteiger partial charge in [-0.25, -0.2) is 0 Å². The number of carbonyl (C=O) groups is 1. The lowest BCUT2D eigenvalue weighted by Gasteiger charge is -2.18. The Morgan fingerprint density at radius 3 is 2.44 bits per heavy atom. The van der Waals surface area contributed by atoms with E-state index in [9.17, 15) is 4.79 Å². The number of benzene rings is 2. The van der Waals surface area contributed by atoms with Crippen molar-refractivity contribution in [2.45, 2.75) is 20.1 Å². The summed E-state index contributed by atoms with van der Waals surface area (Å²) < 4.78 is 11.4. The van der Waals surface area contributed by atoms with Gasteiger partial charge in [-0.1, -0.05) is 36.4 Å². The van der Waals surface area contributed by atoms with Gasteiger partial charge in [-0.15, -0.1) is 11.3 Å². The number of methoxy groups -OCH3 is 1. The molecule has 3 rings (SSSR count). The van der Waals surface area contributed by atoms with E-state index in [1.54, 1.807) is 12.0 Å². The highest BCUT2D eigenvalue weighted by molar-refractivity contribution is 7.13. The Morgan fingerprint density at radius 2 is 1.78 bits per heavy atom. The quantitative estimate of drug-likeness (QED) is 0.583. The molecule has 0 aliphatic rings. The highest BCUT2D eigenvalue weighted by Gasteiger charge is 2.15. The van der Waals surface area contributed by atoms with E-state index in [0.717, 1.165) is 20.9 Å². The summed E-state index contributed by atoms with van der Waals surface area (Å²) in [7, 11) is 3.43. The SMILES string of the molecule is COc1cc(CN(C)C(=O)c2ccc(C)s2)ccc1OCc1ccccc1. The van der Waals surface area contributed by atoms with E-state index in [1.165, 1.54) is 11.3 Å². The average molecular weight is 381 g/mol. The lowest BCUT2D eigenvalue weighted by molar-refractivity contribution is 0.0789. The zero-order chi connectivity index (χ0) is 19.2. The van der Waals surface area contributed by atoms with Crippen LogP contribution in [0.25, 0.3) is 0 Å². The topological polar surface area (TPSA) is 38.8 Å². The second-order valence-electron chi connectivity index (χ2n) is 6.33.